The van der Waals surface area contributed by atoms with Crippen molar-refractivity contribution in [1.29, 1.82) is 0 Å². The Kier molecular flexibility index (Phi) is 7.21. The first-order chi connectivity index (χ1) is 20.9. The Bertz CT molecular complexity index is 1800. The molecule has 2 fully saturated rings. The van der Waals surface area contributed by atoms with Gasteiger partial charge in [-0.25, -0.2) is 15.0 Å². The van der Waals surface area contributed by atoms with Crippen LogP contribution in [0.25, 0.3) is 21.9 Å². The SMILES string of the molecule is CNc1ncnc2c1ccn2[C@@H]1O[C@@H]2[C@H](Cc3ccc4cc(Br)c(NCc5ccc(OC)cc5)nc4c3)CC[C@]2(O)[C@H]1O. The van der Waals surface area contributed by atoms with E-state index in [1.54, 1.807) is 18.7 Å². The largest absolute Gasteiger partial charge is 0.497 e. The number of nitrogens with one attached hydrogen (secondary N) is 2. The number of pyridine rings is 1. The molecule has 0 unspecified atom stereocenters. The second-order valence-electron chi connectivity index (χ2n) is 11.4. The van der Waals surface area contributed by atoms with E-state index < -0.39 is 24.0 Å². The molecular formula is C32H33BrN6O4. The van der Waals surface area contributed by atoms with Crippen molar-refractivity contribution in [1.82, 2.24) is 19.5 Å². The third-order valence-electron chi connectivity index (χ3n) is 8.88. The lowest BCUT2D eigenvalue weighted by Crippen LogP contribution is -2.45. The minimum Gasteiger partial charge on any atom is -0.497 e. The fourth-order valence-electron chi connectivity index (χ4n) is 6.61. The van der Waals surface area contributed by atoms with Gasteiger partial charge in [-0.1, -0.05) is 24.3 Å². The Morgan fingerprint density at radius 3 is 2.70 bits per heavy atom. The molecule has 1 saturated carbocycles. The van der Waals surface area contributed by atoms with Crippen molar-refractivity contribution in [2.45, 2.75) is 49.8 Å². The third-order valence-corrected chi connectivity index (χ3v) is 9.48. The molecule has 11 heteroatoms. The lowest BCUT2D eigenvalue weighted by Gasteiger charge is -2.26. The van der Waals surface area contributed by atoms with Crippen LogP contribution in [-0.2, 0) is 17.7 Å². The van der Waals surface area contributed by atoms with E-state index in [9.17, 15) is 10.2 Å². The average molecular weight is 646 g/mol. The summed E-state index contributed by atoms with van der Waals surface area (Å²) in [7, 11) is 3.46. The summed E-state index contributed by atoms with van der Waals surface area (Å²) in [6, 6.07) is 18.2. The van der Waals surface area contributed by atoms with E-state index in [0.29, 0.717) is 30.9 Å². The van der Waals surface area contributed by atoms with Crippen LogP contribution < -0.4 is 15.4 Å². The van der Waals surface area contributed by atoms with Gasteiger partial charge in [0.1, 0.15) is 41.1 Å². The first-order valence-electron chi connectivity index (χ1n) is 14.4. The molecule has 5 atom stereocenters. The number of fused-ring (bicyclic) bond motifs is 3. The zero-order valence-electron chi connectivity index (χ0n) is 23.9. The number of ether oxygens (including phenoxy) is 2. The maximum Gasteiger partial charge on any atom is 0.164 e. The number of hydrogen-bond acceptors (Lipinski definition) is 9. The Morgan fingerprint density at radius 2 is 1.91 bits per heavy atom. The molecule has 1 saturated heterocycles. The molecule has 0 radical (unpaired) electrons. The van der Waals surface area contributed by atoms with Crippen LogP contribution in [0.2, 0.25) is 0 Å². The van der Waals surface area contributed by atoms with Crippen LogP contribution in [0.4, 0.5) is 11.6 Å². The van der Waals surface area contributed by atoms with Crippen molar-refractivity contribution in [2.24, 2.45) is 5.92 Å². The predicted molar refractivity (Wildman–Crippen MR) is 168 cm³/mol. The van der Waals surface area contributed by atoms with Crippen LogP contribution >= 0.6 is 15.9 Å². The minimum atomic E-state index is -1.33. The van der Waals surface area contributed by atoms with Crippen molar-refractivity contribution in [3.05, 3.63) is 82.7 Å². The molecule has 1 aliphatic heterocycles. The molecule has 1 aliphatic carbocycles. The number of hydrogen-bond donors (Lipinski definition) is 4. The number of aromatic nitrogens is 4. The van der Waals surface area contributed by atoms with Gasteiger partial charge in [-0.15, -0.1) is 0 Å². The van der Waals surface area contributed by atoms with E-state index in [1.165, 1.54) is 6.33 Å². The molecular weight excluding hydrogens is 612 g/mol. The zero-order chi connectivity index (χ0) is 29.7. The smallest absolute Gasteiger partial charge is 0.164 e. The maximum absolute atomic E-state index is 11.6. The van der Waals surface area contributed by atoms with E-state index in [1.807, 2.05) is 36.5 Å². The Hall–Kier alpha value is -3.77. The third kappa shape index (κ3) is 4.90. The maximum atomic E-state index is 11.6. The van der Waals surface area contributed by atoms with Gasteiger partial charge in [0.15, 0.2) is 6.23 Å². The predicted octanol–water partition coefficient (Wildman–Crippen LogP) is 5.05. The molecule has 5 aromatic rings. The molecule has 0 spiro atoms. The van der Waals surface area contributed by atoms with Crippen molar-refractivity contribution < 1.29 is 19.7 Å². The second-order valence-corrected chi connectivity index (χ2v) is 12.2. The van der Waals surface area contributed by atoms with Gasteiger partial charge in [-0.2, -0.15) is 0 Å². The lowest BCUT2D eigenvalue weighted by atomic mass is 9.90. The number of halogens is 1. The molecule has 4 heterocycles. The number of aliphatic hydroxyl groups is 2. The standard InChI is InChI=1S/C32H33BrN6O4/c1-34-28-23-10-12-39(30(23)37-17-36-28)31-26(40)32(41)11-9-21(27(32)43-31)13-19-3-6-20-15-24(33)29(38-25(20)14-19)35-16-18-4-7-22(42-2)8-5-18/h3-8,10,12,14-15,17,21,26-27,31,40-41H,9,11,13,16H2,1-2H3,(H,35,38)(H,34,36,37)/t21-,26-,27+,31+,32-/m0/s1. The van der Waals surface area contributed by atoms with Gasteiger partial charge in [-0.05, 0) is 82.6 Å². The van der Waals surface area contributed by atoms with Gasteiger partial charge in [0, 0.05) is 25.2 Å². The average Bonchev–Trinajstić information content (AvgIpc) is 3.67. The Balaban J connectivity index is 1.10. The fourth-order valence-corrected chi connectivity index (χ4v) is 7.08. The summed E-state index contributed by atoms with van der Waals surface area (Å²) in [5.41, 5.74) is 2.43. The molecule has 4 N–H and O–H groups in total. The van der Waals surface area contributed by atoms with Gasteiger partial charge in [0.05, 0.1) is 28.6 Å². The highest BCUT2D eigenvalue weighted by Gasteiger charge is 2.61. The number of aliphatic hydroxyl groups excluding tert-OH is 1. The van der Waals surface area contributed by atoms with Crippen LogP contribution in [0.5, 0.6) is 5.75 Å². The zero-order valence-corrected chi connectivity index (χ0v) is 25.5. The van der Waals surface area contributed by atoms with E-state index in [-0.39, 0.29) is 5.92 Å². The highest BCUT2D eigenvalue weighted by molar-refractivity contribution is 9.10. The van der Waals surface area contributed by atoms with Crippen LogP contribution in [0, 0.1) is 5.92 Å². The topological polar surface area (TPSA) is 127 Å². The molecule has 7 rings (SSSR count). The summed E-state index contributed by atoms with van der Waals surface area (Å²) in [6.07, 6.45) is 2.90. The highest BCUT2D eigenvalue weighted by Crippen LogP contribution is 2.50. The molecule has 0 bridgehead atoms. The molecule has 2 aromatic carbocycles. The summed E-state index contributed by atoms with van der Waals surface area (Å²) < 4.78 is 14.4. The summed E-state index contributed by atoms with van der Waals surface area (Å²) in [5, 5.41) is 31.3. The number of anilines is 2. The normalized spacial score (nSPS) is 24.9. The number of benzene rings is 2. The van der Waals surface area contributed by atoms with E-state index in [0.717, 1.165) is 49.9 Å². The first kappa shape index (κ1) is 28.0. The molecule has 0 amide bonds. The van der Waals surface area contributed by atoms with Gasteiger partial charge in [0.25, 0.3) is 0 Å². The monoisotopic (exact) mass is 644 g/mol. The van der Waals surface area contributed by atoms with Gasteiger partial charge in [0.2, 0.25) is 0 Å². The summed E-state index contributed by atoms with van der Waals surface area (Å²) in [6.45, 7) is 0.628. The van der Waals surface area contributed by atoms with Gasteiger partial charge >= 0.3 is 0 Å². The van der Waals surface area contributed by atoms with Crippen molar-refractivity contribution in [2.75, 3.05) is 24.8 Å². The van der Waals surface area contributed by atoms with E-state index in [4.69, 9.17) is 14.5 Å². The molecule has 10 nitrogen and oxygen atoms in total. The van der Waals surface area contributed by atoms with Crippen LogP contribution in [0.1, 0.15) is 30.2 Å². The quantitative estimate of drug-likeness (QED) is 0.184. The lowest BCUT2D eigenvalue weighted by molar-refractivity contribution is -0.0675. The van der Waals surface area contributed by atoms with Crippen molar-refractivity contribution in [3.8, 4) is 5.75 Å². The molecule has 2 aliphatic rings. The molecule has 222 valence electrons. The number of rotatable bonds is 8. The van der Waals surface area contributed by atoms with Crippen LogP contribution in [0.15, 0.2) is 71.6 Å². The van der Waals surface area contributed by atoms with Crippen molar-refractivity contribution >= 4 is 49.5 Å². The number of nitrogens with zero attached hydrogens (tertiary/aromatic N) is 4. The van der Waals surface area contributed by atoms with E-state index >= 15 is 0 Å². The Labute approximate surface area is 257 Å². The highest BCUT2D eigenvalue weighted by atomic mass is 79.9. The van der Waals surface area contributed by atoms with E-state index in [2.05, 4.69) is 60.8 Å². The summed E-state index contributed by atoms with van der Waals surface area (Å²) in [5.74, 6) is 2.33. The Morgan fingerprint density at radius 1 is 1.09 bits per heavy atom. The van der Waals surface area contributed by atoms with Crippen molar-refractivity contribution in [3.63, 3.8) is 0 Å². The summed E-state index contributed by atoms with van der Waals surface area (Å²) in [4.78, 5) is 13.6. The van der Waals surface area contributed by atoms with Gasteiger partial charge < -0.3 is 34.9 Å². The van der Waals surface area contributed by atoms with Gasteiger partial charge in [-0.3, -0.25) is 0 Å². The molecule has 3 aromatic heterocycles. The second kappa shape index (κ2) is 11.1. The van der Waals surface area contributed by atoms with Crippen LogP contribution in [-0.4, -0.2) is 61.7 Å². The van der Waals surface area contributed by atoms with Crippen LogP contribution in [0.3, 0.4) is 0 Å². The minimum absolute atomic E-state index is 0.0366. The first-order valence-corrected chi connectivity index (χ1v) is 15.2. The fraction of sp³-hybridized carbons (Fsp3) is 0.344. The summed E-state index contributed by atoms with van der Waals surface area (Å²) >= 11 is 3.66. The number of methoxy groups -OCH3 is 1. The molecule has 43 heavy (non-hydrogen) atoms.